The van der Waals surface area contributed by atoms with E-state index in [0.29, 0.717) is 17.6 Å². The Labute approximate surface area is 146 Å². The summed E-state index contributed by atoms with van der Waals surface area (Å²) < 4.78 is 0. The number of nitrogens with zero attached hydrogens (tertiary/aromatic N) is 1. The van der Waals surface area contributed by atoms with Crippen molar-refractivity contribution < 1.29 is 14.5 Å². The number of hydrogen-bond donors (Lipinski definition) is 0. The van der Waals surface area contributed by atoms with E-state index in [1.165, 1.54) is 6.07 Å². The normalized spacial score (nSPS) is 11.6. The lowest BCUT2D eigenvalue weighted by atomic mass is 9.87. The highest BCUT2D eigenvalue weighted by atomic mass is 16.6. The van der Waals surface area contributed by atoms with Gasteiger partial charge in [0.25, 0.3) is 5.69 Å². The number of benzene rings is 2. The zero-order valence-electron chi connectivity index (χ0n) is 14.1. The third kappa shape index (κ3) is 4.28. The number of para-hydroxylation sites is 1. The number of nitro benzene ring substituents is 1. The van der Waals surface area contributed by atoms with Gasteiger partial charge in [0.1, 0.15) is 12.2 Å². The topological polar surface area (TPSA) is 77.3 Å². The minimum Gasteiger partial charge on any atom is -0.303 e. The maximum Gasteiger partial charge on any atom is 0.277 e. The zero-order chi connectivity index (χ0) is 18.4. The fourth-order valence-corrected chi connectivity index (χ4v) is 2.80. The molecule has 0 radical (unpaired) electrons. The van der Waals surface area contributed by atoms with Gasteiger partial charge in [0.15, 0.2) is 0 Å². The molecule has 0 aliphatic carbocycles. The van der Waals surface area contributed by atoms with Crippen LogP contribution in [-0.4, -0.2) is 17.2 Å². The van der Waals surface area contributed by atoms with Crippen LogP contribution in [-0.2, 0) is 16.0 Å². The van der Waals surface area contributed by atoms with Gasteiger partial charge < -0.3 is 4.79 Å². The van der Waals surface area contributed by atoms with E-state index in [1.807, 2.05) is 31.9 Å². The summed E-state index contributed by atoms with van der Waals surface area (Å²) in [6.07, 6.45) is 1.18. The summed E-state index contributed by atoms with van der Waals surface area (Å²) in [7, 11) is 0. The monoisotopic (exact) mass is 337 g/mol. The van der Waals surface area contributed by atoms with Gasteiger partial charge in [0.05, 0.1) is 16.4 Å². The highest BCUT2D eigenvalue weighted by molar-refractivity contribution is 5.73. The van der Waals surface area contributed by atoms with Gasteiger partial charge in [0, 0.05) is 11.6 Å². The van der Waals surface area contributed by atoms with Crippen molar-refractivity contribution in [3.63, 3.8) is 0 Å². The van der Waals surface area contributed by atoms with Gasteiger partial charge in [0.2, 0.25) is 0 Å². The molecular formula is C20H19NO4. The number of rotatable bonds is 7. The maximum absolute atomic E-state index is 11.3. The van der Waals surface area contributed by atoms with Crippen LogP contribution in [0.2, 0.25) is 0 Å². The highest BCUT2D eigenvalue weighted by Gasteiger charge is 2.19. The van der Waals surface area contributed by atoms with Crippen LogP contribution in [0.15, 0.2) is 54.1 Å². The molecule has 2 rings (SSSR count). The first-order valence-corrected chi connectivity index (χ1v) is 8.00. The van der Waals surface area contributed by atoms with E-state index in [1.54, 1.807) is 30.3 Å². The standard InChI is InChI=1S/C20H19NO4/c1-14(2)19(13-23)17(12-22)11-15-7-9-16(10-8-15)18-5-3-4-6-20(18)21(24)25/h3-10,12,14,17H,11H2,1-2H3. The van der Waals surface area contributed by atoms with Gasteiger partial charge >= 0.3 is 0 Å². The average Bonchev–Trinajstić information content (AvgIpc) is 2.61. The molecular weight excluding hydrogens is 318 g/mol. The summed E-state index contributed by atoms with van der Waals surface area (Å²) in [5.74, 6) is 1.34. The molecule has 1 unspecified atom stereocenters. The van der Waals surface area contributed by atoms with Crippen molar-refractivity contribution >= 4 is 17.9 Å². The van der Waals surface area contributed by atoms with E-state index >= 15 is 0 Å². The van der Waals surface area contributed by atoms with Gasteiger partial charge in [-0.05, 0) is 29.5 Å². The van der Waals surface area contributed by atoms with Crippen LogP contribution in [0.1, 0.15) is 19.4 Å². The molecule has 0 heterocycles. The summed E-state index contributed by atoms with van der Waals surface area (Å²) in [6, 6.07) is 13.8. The maximum atomic E-state index is 11.3. The summed E-state index contributed by atoms with van der Waals surface area (Å²) in [5, 5.41) is 11.1. The molecule has 25 heavy (non-hydrogen) atoms. The average molecular weight is 337 g/mol. The summed E-state index contributed by atoms with van der Waals surface area (Å²) in [5.41, 5.74) is 2.66. The van der Waals surface area contributed by atoms with Crippen molar-refractivity contribution in [1.29, 1.82) is 0 Å². The van der Waals surface area contributed by atoms with Crippen molar-refractivity contribution in [2.45, 2.75) is 20.3 Å². The molecule has 0 amide bonds. The molecule has 2 aromatic rings. The number of aldehydes is 1. The second-order valence-electron chi connectivity index (χ2n) is 6.13. The van der Waals surface area contributed by atoms with Crippen molar-refractivity contribution in [2.75, 3.05) is 0 Å². The lowest BCUT2D eigenvalue weighted by molar-refractivity contribution is -0.384. The SMILES string of the molecule is CC(C)C(=C=O)C(C=O)Cc1ccc(-c2ccccc2[N+](=O)[O-])cc1. The fraction of sp³-hybridized carbons (Fsp3) is 0.250. The van der Waals surface area contributed by atoms with Crippen molar-refractivity contribution in [1.82, 2.24) is 0 Å². The molecule has 2 aromatic carbocycles. The number of allylic oxidation sites excluding steroid dienone is 1. The second kappa shape index (κ2) is 8.18. The lowest BCUT2D eigenvalue weighted by Crippen LogP contribution is -2.14. The molecule has 1 atom stereocenters. The minimum atomic E-state index is -0.505. The molecule has 0 saturated heterocycles. The van der Waals surface area contributed by atoms with E-state index in [9.17, 15) is 19.7 Å². The first kappa shape index (κ1) is 18.3. The Bertz CT molecular complexity index is 818. The molecule has 128 valence electrons. The van der Waals surface area contributed by atoms with E-state index < -0.39 is 10.8 Å². The van der Waals surface area contributed by atoms with Crippen LogP contribution in [0, 0.1) is 22.0 Å². The van der Waals surface area contributed by atoms with Crippen LogP contribution in [0.25, 0.3) is 11.1 Å². The fourth-order valence-electron chi connectivity index (χ4n) is 2.80. The molecule has 0 fully saturated rings. The van der Waals surface area contributed by atoms with Crippen LogP contribution >= 0.6 is 0 Å². The third-order valence-corrected chi connectivity index (χ3v) is 4.12. The third-order valence-electron chi connectivity index (χ3n) is 4.12. The van der Waals surface area contributed by atoms with E-state index in [2.05, 4.69) is 0 Å². The number of carbonyl (C=O) groups excluding carboxylic acids is 2. The summed E-state index contributed by atoms with van der Waals surface area (Å²) in [4.78, 5) is 33.2. The first-order valence-electron chi connectivity index (χ1n) is 8.00. The Kier molecular flexibility index (Phi) is 5.98. The molecule has 0 saturated carbocycles. The largest absolute Gasteiger partial charge is 0.303 e. The quantitative estimate of drug-likeness (QED) is 0.331. The molecule has 0 aliphatic heterocycles. The molecule has 0 spiro atoms. The van der Waals surface area contributed by atoms with Gasteiger partial charge in [-0.2, -0.15) is 0 Å². The molecule has 0 N–H and O–H groups in total. The van der Waals surface area contributed by atoms with Crippen LogP contribution in [0.3, 0.4) is 0 Å². The number of nitro groups is 1. The Morgan fingerprint density at radius 1 is 1.16 bits per heavy atom. The van der Waals surface area contributed by atoms with Crippen LogP contribution < -0.4 is 0 Å². The van der Waals surface area contributed by atoms with E-state index in [4.69, 9.17) is 0 Å². The second-order valence-corrected chi connectivity index (χ2v) is 6.13. The van der Waals surface area contributed by atoms with Crippen molar-refractivity contribution in [3.05, 3.63) is 69.8 Å². The minimum absolute atomic E-state index is 0.0426. The smallest absolute Gasteiger partial charge is 0.277 e. The number of carbonyl (C=O) groups is 1. The van der Waals surface area contributed by atoms with Gasteiger partial charge in [-0.1, -0.05) is 50.2 Å². The van der Waals surface area contributed by atoms with Crippen LogP contribution in [0.5, 0.6) is 0 Å². The summed E-state index contributed by atoms with van der Waals surface area (Å²) >= 11 is 0. The summed E-state index contributed by atoms with van der Waals surface area (Å²) in [6.45, 7) is 3.71. The predicted molar refractivity (Wildman–Crippen MR) is 95.8 cm³/mol. The molecule has 0 aliphatic rings. The molecule has 5 nitrogen and oxygen atoms in total. The van der Waals surface area contributed by atoms with Gasteiger partial charge in [-0.15, -0.1) is 0 Å². The van der Waals surface area contributed by atoms with E-state index in [-0.39, 0.29) is 11.6 Å². The van der Waals surface area contributed by atoms with Gasteiger partial charge in [-0.3, -0.25) is 10.1 Å². The van der Waals surface area contributed by atoms with Crippen LogP contribution in [0.4, 0.5) is 5.69 Å². The Morgan fingerprint density at radius 3 is 2.32 bits per heavy atom. The molecule has 0 aromatic heterocycles. The Balaban J connectivity index is 2.27. The molecule has 0 bridgehead atoms. The van der Waals surface area contributed by atoms with Crippen molar-refractivity contribution in [2.24, 2.45) is 11.8 Å². The first-order chi connectivity index (χ1) is 12.0. The van der Waals surface area contributed by atoms with Gasteiger partial charge in [-0.25, -0.2) is 4.79 Å². The molecule has 5 heteroatoms. The number of hydrogen-bond acceptors (Lipinski definition) is 4. The highest BCUT2D eigenvalue weighted by Crippen LogP contribution is 2.30. The predicted octanol–water partition coefficient (Wildman–Crippen LogP) is 4.03. The van der Waals surface area contributed by atoms with E-state index in [0.717, 1.165) is 17.4 Å². The Morgan fingerprint density at radius 2 is 1.80 bits per heavy atom. The Hall–Kier alpha value is -3.04. The van der Waals surface area contributed by atoms with Crippen molar-refractivity contribution in [3.8, 4) is 11.1 Å². The lowest BCUT2D eigenvalue weighted by Gasteiger charge is -2.15. The zero-order valence-corrected chi connectivity index (χ0v) is 14.1.